The number of nitrogens with zero attached hydrogens (tertiary/aromatic N) is 5. The van der Waals surface area contributed by atoms with E-state index in [9.17, 15) is 0 Å². The van der Waals surface area contributed by atoms with Gasteiger partial charge in [0.15, 0.2) is 5.82 Å². The summed E-state index contributed by atoms with van der Waals surface area (Å²) in [6.07, 6.45) is 7.26. The summed E-state index contributed by atoms with van der Waals surface area (Å²) in [4.78, 5) is 24.7. The number of rotatable bonds is 6. The van der Waals surface area contributed by atoms with Crippen molar-refractivity contribution in [2.24, 2.45) is 0 Å². The van der Waals surface area contributed by atoms with Crippen LogP contribution >= 0.6 is 0 Å². The maximum absolute atomic E-state index is 6.74. The summed E-state index contributed by atoms with van der Waals surface area (Å²) in [6, 6.07) is 65.6. The molecule has 0 fully saturated rings. The molecule has 62 heavy (non-hydrogen) atoms. The van der Waals surface area contributed by atoms with Gasteiger partial charge in [-0.3, -0.25) is 9.97 Å². The van der Waals surface area contributed by atoms with Gasteiger partial charge in [-0.15, -0.1) is 0 Å². The molecular weight excluding hydrogens is 759 g/mol. The lowest BCUT2D eigenvalue weighted by atomic mass is 9.66. The van der Waals surface area contributed by atoms with E-state index in [2.05, 4.69) is 162 Å². The molecule has 1 spiro atoms. The van der Waals surface area contributed by atoms with Gasteiger partial charge >= 0.3 is 0 Å². The number of para-hydroxylation sites is 2. The van der Waals surface area contributed by atoms with Crippen molar-refractivity contribution in [2.45, 2.75) is 5.41 Å². The molecule has 6 nitrogen and oxygen atoms in total. The molecule has 6 aromatic carbocycles. The van der Waals surface area contributed by atoms with E-state index in [0.717, 1.165) is 107 Å². The van der Waals surface area contributed by atoms with Crippen LogP contribution in [0.15, 0.2) is 213 Å². The summed E-state index contributed by atoms with van der Waals surface area (Å²) in [6.45, 7) is 0. The number of hydrogen-bond donors (Lipinski definition) is 0. The minimum Gasteiger partial charge on any atom is -0.457 e. The van der Waals surface area contributed by atoms with Crippen molar-refractivity contribution in [2.75, 3.05) is 0 Å². The number of aromatic nitrogens is 5. The van der Waals surface area contributed by atoms with Crippen LogP contribution in [0.1, 0.15) is 22.3 Å². The first-order chi connectivity index (χ1) is 30.7. The lowest BCUT2D eigenvalue weighted by Crippen LogP contribution is -2.32. The average Bonchev–Trinajstić information content (AvgIpc) is 3.65. The summed E-state index contributed by atoms with van der Waals surface area (Å²) in [5, 5.41) is 0. The van der Waals surface area contributed by atoms with Crippen molar-refractivity contribution in [3.05, 3.63) is 235 Å². The molecule has 5 heterocycles. The molecule has 2 aliphatic rings. The summed E-state index contributed by atoms with van der Waals surface area (Å²) >= 11 is 0. The van der Waals surface area contributed by atoms with Crippen LogP contribution in [0.25, 0.3) is 78.7 Å². The van der Waals surface area contributed by atoms with E-state index in [4.69, 9.17) is 19.7 Å². The minimum absolute atomic E-state index is 0.651. The van der Waals surface area contributed by atoms with Crippen LogP contribution in [0.2, 0.25) is 0 Å². The molecule has 12 rings (SSSR count). The second-order valence-corrected chi connectivity index (χ2v) is 15.6. The monoisotopic (exact) mass is 793 g/mol. The molecule has 0 atom stereocenters. The summed E-state index contributed by atoms with van der Waals surface area (Å²) < 4.78 is 6.74. The van der Waals surface area contributed by atoms with Gasteiger partial charge in [0.05, 0.1) is 28.2 Å². The lowest BCUT2D eigenvalue weighted by Gasteiger charge is -2.39. The van der Waals surface area contributed by atoms with E-state index >= 15 is 0 Å². The second-order valence-electron chi connectivity index (χ2n) is 15.6. The predicted octanol–water partition coefficient (Wildman–Crippen LogP) is 13.1. The van der Waals surface area contributed by atoms with Crippen molar-refractivity contribution in [3.63, 3.8) is 0 Å². The Kier molecular flexibility index (Phi) is 8.28. The van der Waals surface area contributed by atoms with Gasteiger partial charge in [0.2, 0.25) is 0 Å². The summed E-state index contributed by atoms with van der Waals surface area (Å²) in [5.41, 5.74) is 16.4. The molecule has 0 saturated carbocycles. The van der Waals surface area contributed by atoms with Crippen LogP contribution < -0.4 is 4.74 Å². The molecule has 1 aliphatic carbocycles. The third kappa shape index (κ3) is 5.61. The van der Waals surface area contributed by atoms with E-state index in [1.807, 2.05) is 61.2 Å². The van der Waals surface area contributed by atoms with Gasteiger partial charge in [-0.2, -0.15) is 0 Å². The van der Waals surface area contributed by atoms with Crippen LogP contribution in [-0.2, 0) is 5.41 Å². The van der Waals surface area contributed by atoms with Gasteiger partial charge in [0.25, 0.3) is 0 Å². The highest BCUT2D eigenvalue weighted by Crippen LogP contribution is 2.64. The molecule has 1 aliphatic heterocycles. The Morgan fingerprint density at radius 1 is 0.323 bits per heavy atom. The number of ether oxygens (including phenoxy) is 1. The standard InChI is InChI=1S/C56H35N5O/c1-3-13-36(14-4-1)49-35-50(37-15-5-2-6-16-37)61-55(60-49)42-18-12-22-46-54(42)53-41(40-33-47(38-25-29-57-30-26-38)59-48(34-40)39-27-31-58-32-28-39)17-11-21-45(53)56(46)43-19-7-9-23-51(43)62-52-24-10-8-20-44(52)56/h1-35H. The molecule has 0 bridgehead atoms. The highest BCUT2D eigenvalue weighted by atomic mass is 16.5. The van der Waals surface area contributed by atoms with Crippen LogP contribution in [0, 0.1) is 0 Å². The third-order valence-corrected chi connectivity index (χ3v) is 12.2. The lowest BCUT2D eigenvalue weighted by molar-refractivity contribution is 0.436. The molecule has 0 unspecified atom stereocenters. The minimum atomic E-state index is -0.726. The number of hydrogen-bond acceptors (Lipinski definition) is 6. The molecule has 0 saturated heterocycles. The van der Waals surface area contributed by atoms with Crippen molar-refractivity contribution < 1.29 is 4.74 Å². The Bertz CT molecular complexity index is 2980. The quantitative estimate of drug-likeness (QED) is 0.167. The van der Waals surface area contributed by atoms with Crippen molar-refractivity contribution >= 4 is 0 Å². The summed E-state index contributed by atoms with van der Waals surface area (Å²) in [5.74, 6) is 2.31. The Morgan fingerprint density at radius 3 is 1.27 bits per heavy atom. The maximum Gasteiger partial charge on any atom is 0.161 e. The maximum atomic E-state index is 6.74. The Hall–Kier alpha value is -8.35. The highest BCUT2D eigenvalue weighted by molar-refractivity contribution is 6.02. The fourth-order valence-electron chi connectivity index (χ4n) is 9.52. The van der Waals surface area contributed by atoms with Gasteiger partial charge in [-0.25, -0.2) is 15.0 Å². The first-order valence-electron chi connectivity index (χ1n) is 20.7. The van der Waals surface area contributed by atoms with Gasteiger partial charge in [-0.1, -0.05) is 133 Å². The van der Waals surface area contributed by atoms with Gasteiger partial charge in [0, 0.05) is 63.7 Å². The Labute approximate surface area is 359 Å². The van der Waals surface area contributed by atoms with Crippen LogP contribution in [0.4, 0.5) is 0 Å². The number of fused-ring (bicyclic) bond motifs is 9. The van der Waals surface area contributed by atoms with Crippen LogP contribution in [-0.4, -0.2) is 24.9 Å². The van der Waals surface area contributed by atoms with Crippen molar-refractivity contribution in [1.82, 2.24) is 24.9 Å². The Morgan fingerprint density at radius 2 is 0.742 bits per heavy atom. The molecule has 4 aromatic heterocycles. The topological polar surface area (TPSA) is 73.7 Å². The summed E-state index contributed by atoms with van der Waals surface area (Å²) in [7, 11) is 0. The average molecular weight is 794 g/mol. The Balaban J connectivity index is 1.21. The first kappa shape index (κ1) is 35.6. The molecule has 6 heteroatoms. The normalized spacial score (nSPS) is 12.8. The van der Waals surface area contributed by atoms with Crippen LogP contribution in [0.3, 0.4) is 0 Å². The van der Waals surface area contributed by atoms with Crippen LogP contribution in [0.5, 0.6) is 11.5 Å². The van der Waals surface area contributed by atoms with Gasteiger partial charge < -0.3 is 4.74 Å². The van der Waals surface area contributed by atoms with Gasteiger partial charge in [0.1, 0.15) is 11.5 Å². The van der Waals surface area contributed by atoms with Gasteiger partial charge in [-0.05, 0) is 88.0 Å². The zero-order valence-electron chi connectivity index (χ0n) is 33.4. The van der Waals surface area contributed by atoms with E-state index in [1.165, 1.54) is 0 Å². The third-order valence-electron chi connectivity index (χ3n) is 12.2. The largest absolute Gasteiger partial charge is 0.457 e. The predicted molar refractivity (Wildman–Crippen MR) is 245 cm³/mol. The fraction of sp³-hybridized carbons (Fsp3) is 0.0179. The zero-order chi connectivity index (χ0) is 41.0. The molecule has 10 aromatic rings. The van der Waals surface area contributed by atoms with Crippen molar-refractivity contribution in [1.29, 1.82) is 0 Å². The number of pyridine rings is 3. The fourth-order valence-corrected chi connectivity index (χ4v) is 9.52. The smallest absolute Gasteiger partial charge is 0.161 e. The van der Waals surface area contributed by atoms with Crippen molar-refractivity contribution in [3.8, 4) is 90.2 Å². The molecular formula is C56H35N5O. The van der Waals surface area contributed by atoms with E-state index in [1.54, 1.807) is 0 Å². The zero-order valence-corrected chi connectivity index (χ0v) is 33.4. The molecule has 0 amide bonds. The van der Waals surface area contributed by atoms with E-state index in [-0.39, 0.29) is 0 Å². The molecule has 290 valence electrons. The molecule has 0 radical (unpaired) electrons. The highest BCUT2D eigenvalue weighted by Gasteiger charge is 2.52. The van der Waals surface area contributed by atoms with E-state index < -0.39 is 5.41 Å². The second kappa shape index (κ2) is 14.4. The first-order valence-corrected chi connectivity index (χ1v) is 20.7. The van der Waals surface area contributed by atoms with E-state index in [0.29, 0.717) is 5.82 Å². The SMILES string of the molecule is c1ccc(-c2cc(-c3ccccc3)nc(-c3cccc4c3-c3c(-c5cc(-c6ccncc6)nc(-c6ccncc6)c5)cccc3C43c4ccccc4Oc4ccccc43)n2)cc1. The molecule has 0 N–H and O–H groups in total. The number of benzene rings is 6.